The van der Waals surface area contributed by atoms with Crippen LogP contribution in [0.2, 0.25) is 0 Å². The van der Waals surface area contributed by atoms with Crippen molar-refractivity contribution in [3.05, 3.63) is 52.8 Å². The molecule has 0 spiro atoms. The number of ether oxygens (including phenoxy) is 1. The van der Waals surface area contributed by atoms with E-state index >= 15 is 0 Å². The topological polar surface area (TPSA) is 67.1 Å². The number of fused-ring (bicyclic) bond motifs is 1. The Kier molecular flexibility index (Phi) is 7.21. The maximum atomic E-state index is 11.7. The van der Waals surface area contributed by atoms with Gasteiger partial charge in [-0.25, -0.2) is 0 Å². The zero-order chi connectivity index (χ0) is 22.6. The van der Waals surface area contributed by atoms with Crippen molar-refractivity contribution in [2.75, 3.05) is 11.9 Å². The van der Waals surface area contributed by atoms with Crippen molar-refractivity contribution in [1.29, 1.82) is 5.41 Å². The molecular formula is C25H33N3O2S. The van der Waals surface area contributed by atoms with Crippen LogP contribution in [0.1, 0.15) is 53.0 Å². The number of rotatable bonds is 8. The number of carbonyl (C=O) groups excluding carboxylic acids is 1. The minimum Gasteiger partial charge on any atom is -0.491 e. The molecule has 0 bridgehead atoms. The van der Waals surface area contributed by atoms with Crippen molar-refractivity contribution in [2.45, 2.75) is 54.0 Å². The van der Waals surface area contributed by atoms with Gasteiger partial charge in [0.05, 0.1) is 29.1 Å². The minimum atomic E-state index is -0.134. The van der Waals surface area contributed by atoms with Gasteiger partial charge in [-0.3, -0.25) is 10.2 Å². The maximum Gasteiger partial charge on any atom is 0.221 e. The van der Waals surface area contributed by atoms with Gasteiger partial charge in [-0.2, -0.15) is 0 Å². The largest absolute Gasteiger partial charge is 0.491 e. The Morgan fingerprint density at radius 2 is 1.94 bits per heavy atom. The molecule has 1 atom stereocenters. The molecule has 2 aromatic carbocycles. The molecule has 0 aliphatic rings. The second-order valence-electron chi connectivity index (χ2n) is 9.48. The normalized spacial score (nSPS) is 12.7. The van der Waals surface area contributed by atoms with Crippen molar-refractivity contribution in [3.8, 4) is 5.75 Å². The van der Waals surface area contributed by atoms with Gasteiger partial charge in [-0.05, 0) is 35.8 Å². The highest BCUT2D eigenvalue weighted by molar-refractivity contribution is 7.16. The monoisotopic (exact) mass is 439 g/mol. The van der Waals surface area contributed by atoms with Crippen molar-refractivity contribution in [2.24, 2.45) is 11.3 Å². The van der Waals surface area contributed by atoms with E-state index in [1.54, 1.807) is 0 Å². The summed E-state index contributed by atoms with van der Waals surface area (Å²) in [7, 11) is 0. The average molecular weight is 440 g/mol. The lowest BCUT2D eigenvalue weighted by Crippen LogP contribution is -2.15. The molecule has 0 aliphatic heterocycles. The van der Waals surface area contributed by atoms with Crippen LogP contribution in [0.3, 0.4) is 0 Å². The van der Waals surface area contributed by atoms with Gasteiger partial charge in [0.1, 0.15) is 5.75 Å². The molecule has 1 amide bonds. The number of carbonyl (C=O) groups is 1. The van der Waals surface area contributed by atoms with Gasteiger partial charge in [-0.1, -0.05) is 69.4 Å². The maximum absolute atomic E-state index is 11.7. The Morgan fingerprint density at radius 3 is 2.58 bits per heavy atom. The van der Waals surface area contributed by atoms with E-state index in [1.165, 1.54) is 18.3 Å². The summed E-state index contributed by atoms with van der Waals surface area (Å²) in [5.74, 6) is 1.08. The lowest BCUT2D eigenvalue weighted by molar-refractivity contribution is -0.114. The molecule has 0 fully saturated rings. The summed E-state index contributed by atoms with van der Waals surface area (Å²) in [5, 5.41) is 11.4. The first-order chi connectivity index (χ1) is 14.6. The Morgan fingerprint density at radius 1 is 1.23 bits per heavy atom. The molecule has 6 heteroatoms. The van der Waals surface area contributed by atoms with Crippen molar-refractivity contribution in [1.82, 2.24) is 4.57 Å². The van der Waals surface area contributed by atoms with Crippen LogP contribution in [0.4, 0.5) is 5.69 Å². The van der Waals surface area contributed by atoms with E-state index in [2.05, 4.69) is 45.1 Å². The molecular weight excluding hydrogens is 406 g/mol. The third kappa shape index (κ3) is 6.44. The van der Waals surface area contributed by atoms with Crippen LogP contribution < -0.4 is 14.9 Å². The van der Waals surface area contributed by atoms with Crippen LogP contribution in [0.25, 0.3) is 10.2 Å². The molecule has 5 nitrogen and oxygen atoms in total. The fraction of sp³-hybridized carbons (Fsp3) is 0.440. The highest BCUT2D eigenvalue weighted by Gasteiger charge is 2.17. The van der Waals surface area contributed by atoms with Crippen LogP contribution in [-0.2, 0) is 11.3 Å². The number of amides is 1. The quantitative estimate of drug-likeness (QED) is 0.450. The van der Waals surface area contributed by atoms with E-state index in [-0.39, 0.29) is 5.91 Å². The number of benzene rings is 2. The SMILES string of the molecule is CC(=O)Nc1cc2sc(=N)n(Cc3ccccc3)c2cc1OCCC(C)CC(C)(C)C. The van der Waals surface area contributed by atoms with E-state index in [4.69, 9.17) is 10.1 Å². The lowest BCUT2D eigenvalue weighted by Gasteiger charge is -2.23. The number of hydrogen-bond acceptors (Lipinski definition) is 4. The summed E-state index contributed by atoms with van der Waals surface area (Å²) in [6.07, 6.45) is 2.09. The zero-order valence-corrected chi connectivity index (χ0v) is 19.9. The molecule has 0 radical (unpaired) electrons. The van der Waals surface area contributed by atoms with E-state index in [1.807, 2.05) is 34.9 Å². The first kappa shape index (κ1) is 23.1. The Balaban J connectivity index is 1.87. The molecule has 166 valence electrons. The van der Waals surface area contributed by atoms with E-state index < -0.39 is 0 Å². The standard InChI is InChI=1S/C25H33N3O2S/c1-17(15-25(3,4)5)11-12-30-22-14-21-23(13-20(22)27-18(2)29)31-24(26)28(21)16-19-9-7-6-8-10-19/h6-10,13-14,17,26H,11-12,15-16H2,1-5H3,(H,27,29). The Bertz CT molecular complexity index is 1090. The van der Waals surface area contributed by atoms with Crippen molar-refractivity contribution >= 4 is 33.1 Å². The number of nitrogens with one attached hydrogen (secondary N) is 2. The third-order valence-corrected chi connectivity index (χ3v) is 6.09. The number of thiazole rings is 1. The molecule has 3 aromatic rings. The fourth-order valence-corrected chi connectivity index (χ4v) is 4.89. The van der Waals surface area contributed by atoms with E-state index in [9.17, 15) is 4.79 Å². The average Bonchev–Trinajstić information content (AvgIpc) is 2.95. The molecule has 1 heterocycles. The third-order valence-electron chi connectivity index (χ3n) is 5.13. The summed E-state index contributed by atoms with van der Waals surface area (Å²) < 4.78 is 9.11. The summed E-state index contributed by atoms with van der Waals surface area (Å²) >= 11 is 1.41. The molecule has 1 unspecified atom stereocenters. The van der Waals surface area contributed by atoms with Crippen LogP contribution >= 0.6 is 11.3 Å². The van der Waals surface area contributed by atoms with Gasteiger partial charge in [0.25, 0.3) is 0 Å². The molecule has 2 N–H and O–H groups in total. The van der Waals surface area contributed by atoms with E-state index in [0.717, 1.165) is 28.6 Å². The van der Waals surface area contributed by atoms with E-state index in [0.29, 0.717) is 40.7 Å². The van der Waals surface area contributed by atoms with Gasteiger partial charge in [0.15, 0.2) is 4.80 Å². The number of nitrogens with zero attached hydrogens (tertiary/aromatic N) is 1. The van der Waals surface area contributed by atoms with Crippen LogP contribution in [-0.4, -0.2) is 17.1 Å². The minimum absolute atomic E-state index is 0.134. The van der Waals surface area contributed by atoms with Gasteiger partial charge >= 0.3 is 0 Å². The second kappa shape index (κ2) is 9.69. The summed E-state index contributed by atoms with van der Waals surface area (Å²) in [6.45, 7) is 11.7. The highest BCUT2D eigenvalue weighted by atomic mass is 32.1. The fourth-order valence-electron chi connectivity index (χ4n) is 3.96. The molecule has 0 aliphatic carbocycles. The van der Waals surface area contributed by atoms with Crippen LogP contribution in [0.5, 0.6) is 5.75 Å². The van der Waals surface area contributed by atoms with Gasteiger partial charge < -0.3 is 14.6 Å². The predicted molar refractivity (Wildman–Crippen MR) is 129 cm³/mol. The molecule has 31 heavy (non-hydrogen) atoms. The van der Waals surface area contributed by atoms with Crippen molar-refractivity contribution < 1.29 is 9.53 Å². The van der Waals surface area contributed by atoms with Gasteiger partial charge in [0, 0.05) is 13.0 Å². The summed E-state index contributed by atoms with van der Waals surface area (Å²) in [5.41, 5.74) is 3.05. The zero-order valence-electron chi connectivity index (χ0n) is 19.1. The lowest BCUT2D eigenvalue weighted by atomic mass is 9.84. The predicted octanol–water partition coefficient (Wildman–Crippen LogP) is 6.03. The first-order valence-corrected chi connectivity index (χ1v) is 11.6. The first-order valence-electron chi connectivity index (χ1n) is 10.8. The smallest absolute Gasteiger partial charge is 0.221 e. The Labute approximate surface area is 188 Å². The highest BCUT2D eigenvalue weighted by Crippen LogP contribution is 2.33. The Hall–Kier alpha value is -2.60. The number of aromatic nitrogens is 1. The molecule has 3 rings (SSSR count). The van der Waals surface area contributed by atoms with Gasteiger partial charge in [-0.15, -0.1) is 0 Å². The molecule has 0 saturated carbocycles. The van der Waals surface area contributed by atoms with Crippen LogP contribution in [0.15, 0.2) is 42.5 Å². The van der Waals surface area contributed by atoms with Gasteiger partial charge in [0.2, 0.25) is 5.91 Å². The second-order valence-corrected chi connectivity index (χ2v) is 10.5. The summed E-state index contributed by atoms with van der Waals surface area (Å²) in [4.78, 5) is 12.2. The van der Waals surface area contributed by atoms with Crippen LogP contribution in [0, 0.1) is 16.7 Å². The summed E-state index contributed by atoms with van der Waals surface area (Å²) in [6, 6.07) is 14.0. The molecule has 1 aromatic heterocycles. The van der Waals surface area contributed by atoms with Crippen molar-refractivity contribution in [3.63, 3.8) is 0 Å². The molecule has 0 saturated heterocycles. The number of hydrogen-bond donors (Lipinski definition) is 2. The number of anilines is 1.